The SMILES string of the molecule is CN=C(NCCCOC)NCc1ccc(F)cc1C(F)(F)F.I. The highest BCUT2D eigenvalue weighted by Gasteiger charge is 2.33. The number of hydrogen-bond donors (Lipinski definition) is 2. The first-order chi connectivity index (χ1) is 10.4. The number of halogens is 5. The van der Waals surface area contributed by atoms with E-state index in [4.69, 9.17) is 4.74 Å². The van der Waals surface area contributed by atoms with Gasteiger partial charge in [0.1, 0.15) is 5.82 Å². The molecule has 0 spiro atoms. The summed E-state index contributed by atoms with van der Waals surface area (Å²) in [6.45, 7) is 1.03. The van der Waals surface area contributed by atoms with Gasteiger partial charge >= 0.3 is 6.18 Å². The van der Waals surface area contributed by atoms with E-state index in [1.165, 1.54) is 7.05 Å². The smallest absolute Gasteiger partial charge is 0.385 e. The van der Waals surface area contributed by atoms with Gasteiger partial charge in [0.15, 0.2) is 5.96 Å². The number of ether oxygens (including phenoxy) is 1. The molecule has 1 rings (SSSR count). The van der Waals surface area contributed by atoms with Crippen LogP contribution in [0.4, 0.5) is 17.6 Å². The lowest BCUT2D eigenvalue weighted by Crippen LogP contribution is -2.38. The van der Waals surface area contributed by atoms with Crippen molar-refractivity contribution in [1.82, 2.24) is 10.6 Å². The van der Waals surface area contributed by atoms with Crippen LogP contribution in [0.25, 0.3) is 0 Å². The van der Waals surface area contributed by atoms with Crippen molar-refractivity contribution in [1.29, 1.82) is 0 Å². The zero-order valence-electron chi connectivity index (χ0n) is 12.8. The monoisotopic (exact) mass is 449 g/mol. The van der Waals surface area contributed by atoms with Crippen LogP contribution in [0.2, 0.25) is 0 Å². The molecule has 0 aliphatic rings. The molecule has 4 nitrogen and oxygen atoms in total. The lowest BCUT2D eigenvalue weighted by atomic mass is 10.1. The number of methoxy groups -OCH3 is 1. The first-order valence-electron chi connectivity index (χ1n) is 6.67. The standard InChI is InChI=1S/C14H19F4N3O.HI/c1-19-13(20-6-3-7-22-2)21-9-10-4-5-11(15)8-12(10)14(16,17)18;/h4-5,8H,3,6-7,9H2,1-2H3,(H2,19,20,21);1H. The first kappa shape index (κ1) is 21.9. The van der Waals surface area contributed by atoms with Crippen molar-refractivity contribution in [2.24, 2.45) is 4.99 Å². The molecule has 0 aliphatic heterocycles. The van der Waals surface area contributed by atoms with E-state index in [2.05, 4.69) is 15.6 Å². The Kier molecular flexibility index (Phi) is 10.1. The molecule has 0 unspecified atom stereocenters. The Balaban J connectivity index is 0.00000484. The van der Waals surface area contributed by atoms with E-state index < -0.39 is 17.6 Å². The molecule has 0 amide bonds. The molecule has 0 aliphatic carbocycles. The molecular formula is C14H20F4IN3O. The van der Waals surface area contributed by atoms with Gasteiger partial charge in [0.2, 0.25) is 0 Å². The van der Waals surface area contributed by atoms with Crippen molar-refractivity contribution < 1.29 is 22.3 Å². The van der Waals surface area contributed by atoms with E-state index in [0.717, 1.165) is 18.6 Å². The summed E-state index contributed by atoms with van der Waals surface area (Å²) in [6.07, 6.45) is -3.87. The first-order valence-corrected chi connectivity index (χ1v) is 6.67. The summed E-state index contributed by atoms with van der Waals surface area (Å²) in [5.74, 6) is -0.549. The largest absolute Gasteiger partial charge is 0.416 e. The number of nitrogens with one attached hydrogen (secondary N) is 2. The second-order valence-corrected chi connectivity index (χ2v) is 4.50. The maximum absolute atomic E-state index is 13.0. The summed E-state index contributed by atoms with van der Waals surface area (Å²) in [7, 11) is 3.10. The van der Waals surface area contributed by atoms with Crippen LogP contribution in [0, 0.1) is 5.82 Å². The molecule has 0 fully saturated rings. The van der Waals surface area contributed by atoms with Gasteiger partial charge in [-0.1, -0.05) is 6.07 Å². The summed E-state index contributed by atoms with van der Waals surface area (Å²) in [5.41, 5.74) is -1.04. The fourth-order valence-electron chi connectivity index (χ4n) is 1.79. The minimum Gasteiger partial charge on any atom is -0.385 e. The number of benzene rings is 1. The average molecular weight is 449 g/mol. The molecule has 0 saturated carbocycles. The molecule has 0 aromatic heterocycles. The minimum atomic E-state index is -4.60. The van der Waals surface area contributed by atoms with Gasteiger partial charge < -0.3 is 15.4 Å². The fraction of sp³-hybridized carbons (Fsp3) is 0.500. The topological polar surface area (TPSA) is 45.7 Å². The summed E-state index contributed by atoms with van der Waals surface area (Å²) in [6, 6.07) is 2.61. The van der Waals surface area contributed by atoms with Gasteiger partial charge in [0.05, 0.1) is 5.56 Å². The highest BCUT2D eigenvalue weighted by atomic mass is 127. The predicted octanol–water partition coefficient (Wildman–Crippen LogP) is 3.16. The fourth-order valence-corrected chi connectivity index (χ4v) is 1.79. The highest BCUT2D eigenvalue weighted by molar-refractivity contribution is 14.0. The van der Waals surface area contributed by atoms with Crippen molar-refractivity contribution in [3.63, 3.8) is 0 Å². The molecule has 0 bridgehead atoms. The van der Waals surface area contributed by atoms with Crippen molar-refractivity contribution in [2.45, 2.75) is 19.1 Å². The molecule has 0 saturated heterocycles. The molecule has 23 heavy (non-hydrogen) atoms. The van der Waals surface area contributed by atoms with Crippen LogP contribution in [0.1, 0.15) is 17.5 Å². The van der Waals surface area contributed by atoms with Crippen LogP contribution in [-0.4, -0.2) is 33.3 Å². The maximum atomic E-state index is 13.0. The van der Waals surface area contributed by atoms with E-state index in [1.807, 2.05) is 0 Å². The molecule has 9 heteroatoms. The molecule has 0 radical (unpaired) electrons. The number of hydrogen-bond acceptors (Lipinski definition) is 2. The predicted molar refractivity (Wildman–Crippen MR) is 91.5 cm³/mol. The lowest BCUT2D eigenvalue weighted by molar-refractivity contribution is -0.138. The third-order valence-electron chi connectivity index (χ3n) is 2.86. The van der Waals surface area contributed by atoms with Gasteiger partial charge in [0, 0.05) is 33.9 Å². The third kappa shape index (κ3) is 7.82. The van der Waals surface area contributed by atoms with Crippen molar-refractivity contribution in [2.75, 3.05) is 27.3 Å². The Labute approximate surface area is 149 Å². The third-order valence-corrected chi connectivity index (χ3v) is 2.86. The van der Waals surface area contributed by atoms with Gasteiger partial charge in [-0.05, 0) is 24.1 Å². The van der Waals surface area contributed by atoms with Crippen LogP contribution in [0.3, 0.4) is 0 Å². The van der Waals surface area contributed by atoms with Crippen molar-refractivity contribution in [3.8, 4) is 0 Å². The van der Waals surface area contributed by atoms with Crippen LogP contribution in [-0.2, 0) is 17.5 Å². The average Bonchev–Trinajstić information content (AvgIpc) is 2.46. The molecule has 0 atom stereocenters. The van der Waals surface area contributed by atoms with E-state index in [-0.39, 0.29) is 36.1 Å². The summed E-state index contributed by atoms with van der Waals surface area (Å²) in [5, 5.41) is 5.72. The zero-order valence-corrected chi connectivity index (χ0v) is 15.2. The van der Waals surface area contributed by atoms with Gasteiger partial charge in [-0.25, -0.2) is 4.39 Å². The van der Waals surface area contributed by atoms with Crippen molar-refractivity contribution in [3.05, 3.63) is 35.1 Å². The highest BCUT2D eigenvalue weighted by Crippen LogP contribution is 2.32. The number of alkyl halides is 3. The Hall–Kier alpha value is -1.10. The minimum absolute atomic E-state index is 0. The Bertz CT molecular complexity index is 509. The maximum Gasteiger partial charge on any atom is 0.416 e. The van der Waals surface area contributed by atoms with Crippen LogP contribution in [0.5, 0.6) is 0 Å². The summed E-state index contributed by atoms with van der Waals surface area (Å²) < 4.78 is 56.5. The second kappa shape index (κ2) is 10.6. The number of nitrogens with zero attached hydrogens (tertiary/aromatic N) is 1. The quantitative estimate of drug-likeness (QED) is 0.231. The van der Waals surface area contributed by atoms with Crippen molar-refractivity contribution >= 4 is 29.9 Å². The molecule has 132 valence electrons. The van der Waals surface area contributed by atoms with E-state index in [9.17, 15) is 17.6 Å². The normalized spacial score (nSPS) is 11.8. The van der Waals surface area contributed by atoms with Gasteiger partial charge in [-0.15, -0.1) is 24.0 Å². The van der Waals surface area contributed by atoms with Gasteiger partial charge in [-0.2, -0.15) is 13.2 Å². The number of guanidine groups is 1. The molecule has 1 aromatic rings. The molecule has 0 heterocycles. The van der Waals surface area contributed by atoms with Crippen LogP contribution < -0.4 is 10.6 Å². The molecular weight excluding hydrogens is 429 g/mol. The molecule has 2 N–H and O–H groups in total. The van der Waals surface area contributed by atoms with E-state index >= 15 is 0 Å². The number of aliphatic imine (C=N–C) groups is 1. The van der Waals surface area contributed by atoms with E-state index in [0.29, 0.717) is 25.2 Å². The molecule has 1 aromatic carbocycles. The van der Waals surface area contributed by atoms with Gasteiger partial charge in [0.25, 0.3) is 0 Å². The van der Waals surface area contributed by atoms with Gasteiger partial charge in [-0.3, -0.25) is 4.99 Å². The Morgan fingerprint density at radius 1 is 1.26 bits per heavy atom. The lowest BCUT2D eigenvalue weighted by Gasteiger charge is -2.15. The zero-order chi connectivity index (χ0) is 16.6. The van der Waals surface area contributed by atoms with Crippen LogP contribution in [0.15, 0.2) is 23.2 Å². The van der Waals surface area contributed by atoms with E-state index in [1.54, 1.807) is 7.11 Å². The summed E-state index contributed by atoms with van der Waals surface area (Å²) in [4.78, 5) is 3.91. The summed E-state index contributed by atoms with van der Waals surface area (Å²) >= 11 is 0. The second-order valence-electron chi connectivity index (χ2n) is 4.50. The Morgan fingerprint density at radius 3 is 2.52 bits per heavy atom. The van der Waals surface area contributed by atoms with Crippen LogP contribution >= 0.6 is 24.0 Å². The Morgan fingerprint density at radius 2 is 1.96 bits per heavy atom. The number of rotatable bonds is 6.